The van der Waals surface area contributed by atoms with Gasteiger partial charge in [0.2, 0.25) is 0 Å². The summed E-state index contributed by atoms with van der Waals surface area (Å²) in [6, 6.07) is 27.1. The van der Waals surface area contributed by atoms with Gasteiger partial charge in [0, 0.05) is 6.21 Å². The molecule has 0 atom stereocenters. The maximum Gasteiger partial charge on any atom is 0.175 e. The van der Waals surface area contributed by atoms with E-state index in [1.54, 1.807) is 25.5 Å². The lowest BCUT2D eigenvalue weighted by Gasteiger charge is -2.13. The first-order chi connectivity index (χ1) is 16.1. The lowest BCUT2D eigenvalue weighted by atomic mass is 10.2. The van der Waals surface area contributed by atoms with E-state index in [1.165, 1.54) is 12.1 Å². The van der Waals surface area contributed by atoms with Crippen molar-refractivity contribution in [2.75, 3.05) is 7.11 Å². The average Bonchev–Trinajstić information content (AvgIpc) is 2.84. The fourth-order valence-electron chi connectivity index (χ4n) is 3.06. The molecule has 0 fully saturated rings. The third-order valence-corrected chi connectivity index (χ3v) is 5.32. The van der Waals surface area contributed by atoms with Crippen LogP contribution in [-0.2, 0) is 6.61 Å². The first-order valence-corrected chi connectivity index (χ1v) is 11.0. The van der Waals surface area contributed by atoms with Gasteiger partial charge >= 0.3 is 0 Å². The third-order valence-electron chi connectivity index (χ3n) is 4.73. The van der Waals surface area contributed by atoms with Gasteiger partial charge in [0.15, 0.2) is 11.5 Å². The average molecular weight is 506 g/mol. The number of rotatable bonds is 8. The molecule has 0 unspecified atom stereocenters. The fraction of sp³-hybridized carbons (Fsp3) is 0.0741. The molecule has 33 heavy (non-hydrogen) atoms. The Labute approximate surface area is 200 Å². The summed E-state index contributed by atoms with van der Waals surface area (Å²) in [5.74, 6) is 2.39. The first-order valence-electron chi connectivity index (χ1n) is 10.2. The van der Waals surface area contributed by atoms with E-state index < -0.39 is 0 Å². The van der Waals surface area contributed by atoms with Crippen LogP contribution in [0, 0.1) is 5.82 Å². The number of hydrogen-bond acceptors (Lipinski definition) is 4. The minimum atomic E-state index is -0.278. The smallest absolute Gasteiger partial charge is 0.175 e. The highest BCUT2D eigenvalue weighted by molar-refractivity contribution is 9.10. The van der Waals surface area contributed by atoms with Crippen LogP contribution in [0.3, 0.4) is 0 Å². The van der Waals surface area contributed by atoms with Crippen molar-refractivity contribution in [2.24, 2.45) is 4.99 Å². The van der Waals surface area contributed by atoms with Crippen LogP contribution in [0.5, 0.6) is 23.0 Å². The molecule has 0 saturated carbocycles. The number of hydrogen-bond donors (Lipinski definition) is 0. The van der Waals surface area contributed by atoms with E-state index in [-0.39, 0.29) is 5.82 Å². The van der Waals surface area contributed by atoms with Crippen molar-refractivity contribution in [1.29, 1.82) is 0 Å². The highest BCUT2D eigenvalue weighted by Crippen LogP contribution is 2.37. The molecule has 4 aromatic carbocycles. The second kappa shape index (κ2) is 10.8. The molecule has 4 aromatic rings. The van der Waals surface area contributed by atoms with E-state index in [1.807, 2.05) is 66.7 Å². The van der Waals surface area contributed by atoms with Gasteiger partial charge in [0.1, 0.15) is 23.9 Å². The van der Waals surface area contributed by atoms with Crippen LogP contribution in [0.2, 0.25) is 0 Å². The molecular weight excluding hydrogens is 485 g/mol. The van der Waals surface area contributed by atoms with Crippen LogP contribution >= 0.6 is 15.9 Å². The van der Waals surface area contributed by atoms with Crippen molar-refractivity contribution in [1.82, 2.24) is 0 Å². The molecule has 0 aliphatic heterocycles. The van der Waals surface area contributed by atoms with E-state index in [2.05, 4.69) is 20.9 Å². The molecule has 0 amide bonds. The van der Waals surface area contributed by atoms with Crippen molar-refractivity contribution in [3.05, 3.63) is 112 Å². The third kappa shape index (κ3) is 6.20. The Hall–Kier alpha value is -3.64. The standard InChI is InChI=1S/C27H21BrFNO3/c1-31-26-16-20(15-25(28)27(26)32-18-19-7-9-21(29)10-8-19)17-30-22-11-13-24(14-12-22)33-23-5-3-2-4-6-23/h2-17H,18H2,1H3. The second-order valence-corrected chi connectivity index (χ2v) is 7.97. The van der Waals surface area contributed by atoms with Crippen LogP contribution < -0.4 is 14.2 Å². The molecule has 0 spiro atoms. The predicted octanol–water partition coefficient (Wildman–Crippen LogP) is 7.72. The van der Waals surface area contributed by atoms with Gasteiger partial charge in [0.25, 0.3) is 0 Å². The number of aliphatic imine (C=N–C) groups is 1. The molecule has 166 valence electrons. The van der Waals surface area contributed by atoms with E-state index in [0.717, 1.165) is 32.8 Å². The predicted molar refractivity (Wildman–Crippen MR) is 132 cm³/mol. The van der Waals surface area contributed by atoms with Crippen molar-refractivity contribution >= 4 is 27.8 Å². The zero-order valence-electron chi connectivity index (χ0n) is 17.9. The molecule has 0 radical (unpaired) electrons. The van der Waals surface area contributed by atoms with Gasteiger partial charge in [-0.15, -0.1) is 0 Å². The summed E-state index contributed by atoms with van der Waals surface area (Å²) in [5.41, 5.74) is 2.50. The van der Waals surface area contributed by atoms with Gasteiger partial charge in [-0.25, -0.2) is 4.39 Å². The van der Waals surface area contributed by atoms with Crippen LogP contribution in [-0.4, -0.2) is 13.3 Å². The molecule has 0 aliphatic carbocycles. The number of nitrogens with zero attached hydrogens (tertiary/aromatic N) is 1. The molecule has 0 aliphatic rings. The molecule has 6 heteroatoms. The normalized spacial score (nSPS) is 10.9. The zero-order chi connectivity index (χ0) is 23.0. The summed E-state index contributed by atoms with van der Waals surface area (Å²) in [5, 5.41) is 0. The highest BCUT2D eigenvalue weighted by atomic mass is 79.9. The molecule has 0 saturated heterocycles. The maximum atomic E-state index is 13.1. The van der Waals surface area contributed by atoms with Gasteiger partial charge in [-0.3, -0.25) is 4.99 Å². The Bertz CT molecular complexity index is 1230. The lowest BCUT2D eigenvalue weighted by Crippen LogP contribution is -1.99. The monoisotopic (exact) mass is 505 g/mol. The van der Waals surface area contributed by atoms with Gasteiger partial charge in [-0.1, -0.05) is 30.3 Å². The van der Waals surface area contributed by atoms with Gasteiger partial charge in [0.05, 0.1) is 17.3 Å². The largest absolute Gasteiger partial charge is 0.493 e. The van der Waals surface area contributed by atoms with Crippen LogP contribution in [0.4, 0.5) is 10.1 Å². The fourth-order valence-corrected chi connectivity index (χ4v) is 3.64. The Morgan fingerprint density at radius 2 is 1.58 bits per heavy atom. The Balaban J connectivity index is 1.44. The van der Waals surface area contributed by atoms with Crippen molar-refractivity contribution in [2.45, 2.75) is 6.61 Å². The SMILES string of the molecule is COc1cc(C=Nc2ccc(Oc3ccccc3)cc2)cc(Br)c1OCc1ccc(F)cc1. The molecule has 4 rings (SSSR count). The number of para-hydroxylation sites is 1. The molecule has 0 bridgehead atoms. The van der Waals surface area contributed by atoms with E-state index in [4.69, 9.17) is 14.2 Å². The second-order valence-electron chi connectivity index (χ2n) is 7.12. The van der Waals surface area contributed by atoms with Crippen LogP contribution in [0.1, 0.15) is 11.1 Å². The number of benzene rings is 4. The summed E-state index contributed by atoms with van der Waals surface area (Å²) in [6.07, 6.45) is 1.75. The Morgan fingerprint density at radius 1 is 0.879 bits per heavy atom. The van der Waals surface area contributed by atoms with Gasteiger partial charge in [-0.05, 0) is 87.7 Å². The summed E-state index contributed by atoms with van der Waals surface area (Å²) in [7, 11) is 1.58. The Morgan fingerprint density at radius 3 is 2.27 bits per heavy atom. The Kier molecular flexibility index (Phi) is 7.37. The molecular formula is C27H21BrFNO3. The number of halogens is 2. The van der Waals surface area contributed by atoms with Gasteiger partial charge < -0.3 is 14.2 Å². The topological polar surface area (TPSA) is 40.0 Å². The van der Waals surface area contributed by atoms with Gasteiger partial charge in [-0.2, -0.15) is 0 Å². The molecule has 0 aromatic heterocycles. The van der Waals surface area contributed by atoms with Crippen LogP contribution in [0.15, 0.2) is 100 Å². The van der Waals surface area contributed by atoms with Crippen molar-refractivity contribution in [3.8, 4) is 23.0 Å². The van der Waals surface area contributed by atoms with E-state index in [0.29, 0.717) is 18.1 Å². The highest BCUT2D eigenvalue weighted by Gasteiger charge is 2.12. The zero-order valence-corrected chi connectivity index (χ0v) is 19.5. The number of ether oxygens (including phenoxy) is 3. The maximum absolute atomic E-state index is 13.1. The molecule has 4 nitrogen and oxygen atoms in total. The van der Waals surface area contributed by atoms with Crippen molar-refractivity contribution in [3.63, 3.8) is 0 Å². The molecule has 0 heterocycles. The van der Waals surface area contributed by atoms with Crippen LogP contribution in [0.25, 0.3) is 0 Å². The lowest BCUT2D eigenvalue weighted by molar-refractivity contribution is 0.282. The van der Waals surface area contributed by atoms with E-state index >= 15 is 0 Å². The summed E-state index contributed by atoms with van der Waals surface area (Å²) in [4.78, 5) is 4.54. The summed E-state index contributed by atoms with van der Waals surface area (Å²) >= 11 is 3.55. The molecule has 0 N–H and O–H groups in total. The quantitative estimate of drug-likeness (QED) is 0.230. The number of methoxy groups -OCH3 is 1. The minimum absolute atomic E-state index is 0.278. The van der Waals surface area contributed by atoms with E-state index in [9.17, 15) is 4.39 Å². The summed E-state index contributed by atoms with van der Waals surface area (Å²) in [6.45, 7) is 0.292. The first kappa shape index (κ1) is 22.6. The minimum Gasteiger partial charge on any atom is -0.493 e. The summed E-state index contributed by atoms with van der Waals surface area (Å²) < 4.78 is 31.1. The van der Waals surface area contributed by atoms with Crippen molar-refractivity contribution < 1.29 is 18.6 Å².